The van der Waals surface area contributed by atoms with Crippen LogP contribution < -0.4 is 20.5 Å². The number of aromatic nitrogens is 3. The van der Waals surface area contributed by atoms with Gasteiger partial charge in [-0.15, -0.1) is 0 Å². The molecule has 2 aromatic heterocycles. The number of aryl methyl sites for hydroxylation is 1. The quantitative estimate of drug-likeness (QED) is 0.506. The number of nitrogens with one attached hydrogen (secondary N) is 1. The normalized spacial score (nSPS) is 17.1. The van der Waals surface area contributed by atoms with Gasteiger partial charge >= 0.3 is 6.18 Å². The average molecular weight is 477 g/mol. The lowest BCUT2D eigenvalue weighted by molar-refractivity contribution is -0.137. The third-order valence-corrected chi connectivity index (χ3v) is 5.53. The Labute approximate surface area is 194 Å². The number of nitrogens with two attached hydrogens (primary N) is 1. The summed E-state index contributed by atoms with van der Waals surface area (Å²) < 4.78 is 56.8. The van der Waals surface area contributed by atoms with E-state index in [9.17, 15) is 13.2 Å². The second kappa shape index (κ2) is 9.49. The van der Waals surface area contributed by atoms with Gasteiger partial charge in [0.2, 0.25) is 0 Å². The van der Waals surface area contributed by atoms with Gasteiger partial charge in [-0.05, 0) is 44.9 Å². The molecule has 0 aliphatic carbocycles. The van der Waals surface area contributed by atoms with E-state index in [0.717, 1.165) is 31.6 Å². The maximum absolute atomic E-state index is 13.2. The number of halogens is 3. The number of pyridine rings is 1. The highest BCUT2D eigenvalue weighted by atomic mass is 19.4. The van der Waals surface area contributed by atoms with Crippen LogP contribution in [0, 0.1) is 6.92 Å². The van der Waals surface area contributed by atoms with Gasteiger partial charge in [-0.2, -0.15) is 13.2 Å². The summed E-state index contributed by atoms with van der Waals surface area (Å²) in [6, 6.07) is 4.66. The molecule has 0 amide bonds. The predicted octanol–water partition coefficient (Wildman–Crippen LogP) is 4.67. The van der Waals surface area contributed by atoms with E-state index >= 15 is 0 Å². The van der Waals surface area contributed by atoms with Crippen LogP contribution in [-0.2, 0) is 10.9 Å². The fourth-order valence-electron chi connectivity index (χ4n) is 3.83. The minimum atomic E-state index is -4.53. The Morgan fingerprint density at radius 1 is 1.18 bits per heavy atom. The summed E-state index contributed by atoms with van der Waals surface area (Å²) in [5, 5.41) is 3.78. The van der Waals surface area contributed by atoms with Crippen molar-refractivity contribution in [1.29, 1.82) is 0 Å². The Bertz CT molecular complexity index is 1180. The molecule has 0 unspecified atom stereocenters. The lowest BCUT2D eigenvalue weighted by Gasteiger charge is -2.19. The molecule has 0 bridgehead atoms. The van der Waals surface area contributed by atoms with Crippen LogP contribution in [0.2, 0.25) is 0 Å². The highest BCUT2D eigenvalue weighted by Gasteiger charge is 2.32. The molecular formula is C23H26F3N5O3. The molecule has 0 spiro atoms. The lowest BCUT2D eigenvalue weighted by atomic mass is 10.1. The van der Waals surface area contributed by atoms with E-state index in [1.807, 2.05) is 0 Å². The van der Waals surface area contributed by atoms with Crippen molar-refractivity contribution in [3.05, 3.63) is 41.3 Å². The largest absolute Gasteiger partial charge is 0.493 e. The summed E-state index contributed by atoms with van der Waals surface area (Å²) in [6.07, 6.45) is -2.59. The average Bonchev–Trinajstić information content (AvgIpc) is 3.29. The van der Waals surface area contributed by atoms with Crippen molar-refractivity contribution >= 4 is 22.5 Å². The molecule has 4 rings (SSSR count). The van der Waals surface area contributed by atoms with Gasteiger partial charge in [0.05, 0.1) is 36.0 Å². The zero-order valence-electron chi connectivity index (χ0n) is 19.1. The fourth-order valence-corrected chi connectivity index (χ4v) is 3.83. The maximum atomic E-state index is 13.2. The number of benzene rings is 1. The van der Waals surface area contributed by atoms with Crippen molar-refractivity contribution in [2.24, 2.45) is 0 Å². The molecule has 182 valence electrons. The Kier molecular flexibility index (Phi) is 6.65. The van der Waals surface area contributed by atoms with Crippen LogP contribution in [-0.4, -0.2) is 41.4 Å². The number of hydrogen-bond donors (Lipinski definition) is 2. The van der Waals surface area contributed by atoms with Crippen molar-refractivity contribution in [3.63, 3.8) is 0 Å². The second-order valence-electron chi connectivity index (χ2n) is 8.16. The molecule has 34 heavy (non-hydrogen) atoms. The zero-order valence-corrected chi connectivity index (χ0v) is 19.1. The molecule has 11 heteroatoms. The number of nitrogen functional groups attached to an aromatic ring is 1. The number of methoxy groups -OCH3 is 1. The second-order valence-corrected chi connectivity index (χ2v) is 8.16. The topological polar surface area (TPSA) is 104 Å². The molecule has 8 nitrogen and oxygen atoms in total. The van der Waals surface area contributed by atoms with E-state index in [4.69, 9.17) is 19.9 Å². The Morgan fingerprint density at radius 2 is 1.97 bits per heavy atom. The van der Waals surface area contributed by atoms with E-state index in [1.165, 1.54) is 0 Å². The van der Waals surface area contributed by atoms with Gasteiger partial charge in [0, 0.05) is 18.1 Å². The first-order chi connectivity index (χ1) is 16.1. The minimum absolute atomic E-state index is 0.0183. The monoisotopic (exact) mass is 477 g/mol. The van der Waals surface area contributed by atoms with Crippen molar-refractivity contribution in [1.82, 2.24) is 15.0 Å². The molecule has 3 aromatic rings. The third kappa shape index (κ3) is 5.24. The van der Waals surface area contributed by atoms with Crippen LogP contribution in [0.5, 0.6) is 11.5 Å². The first-order valence-corrected chi connectivity index (χ1v) is 10.9. The molecule has 3 N–H and O–H groups in total. The molecule has 3 heterocycles. The Morgan fingerprint density at radius 3 is 2.65 bits per heavy atom. The molecule has 1 saturated heterocycles. The molecule has 1 aliphatic rings. The van der Waals surface area contributed by atoms with Gasteiger partial charge in [-0.25, -0.2) is 15.0 Å². The van der Waals surface area contributed by atoms with Gasteiger partial charge in [-0.3, -0.25) is 0 Å². The van der Waals surface area contributed by atoms with Gasteiger partial charge in [0.15, 0.2) is 11.5 Å². The van der Waals surface area contributed by atoms with Crippen molar-refractivity contribution in [3.8, 4) is 11.5 Å². The number of hydrogen-bond acceptors (Lipinski definition) is 8. The smallest absolute Gasteiger partial charge is 0.416 e. The summed E-state index contributed by atoms with van der Waals surface area (Å²) in [7, 11) is 1.54. The fraction of sp³-hybridized carbons (Fsp3) is 0.435. The molecule has 0 radical (unpaired) electrons. The van der Waals surface area contributed by atoms with E-state index in [0.29, 0.717) is 40.7 Å². The molecule has 0 saturated carbocycles. The minimum Gasteiger partial charge on any atom is -0.493 e. The number of nitrogens with zero attached hydrogens (tertiary/aromatic N) is 3. The first kappa shape index (κ1) is 23.8. The van der Waals surface area contributed by atoms with Gasteiger partial charge in [0.1, 0.15) is 24.1 Å². The molecule has 1 aliphatic heterocycles. The lowest BCUT2D eigenvalue weighted by Crippen LogP contribution is -2.17. The van der Waals surface area contributed by atoms with Gasteiger partial charge in [0.25, 0.3) is 0 Å². The molecular weight excluding hydrogens is 451 g/mol. The van der Waals surface area contributed by atoms with Crippen LogP contribution in [0.25, 0.3) is 10.9 Å². The number of alkyl halides is 3. The number of anilines is 2. The first-order valence-electron chi connectivity index (χ1n) is 10.9. The predicted molar refractivity (Wildman–Crippen MR) is 121 cm³/mol. The summed E-state index contributed by atoms with van der Waals surface area (Å²) in [5.41, 5.74) is 5.51. The molecule has 2 atom stereocenters. The molecule has 1 aromatic carbocycles. The summed E-state index contributed by atoms with van der Waals surface area (Å²) in [6.45, 7) is 4.50. The number of rotatable bonds is 7. The Hall–Kier alpha value is -3.34. The SMILES string of the molecule is COc1cc2nc(C)nc(N[C@H](C)c3cc(C(F)(F)F)cc(N)n3)c2cc1OC[C@H]1CCCO1. The van der Waals surface area contributed by atoms with Crippen LogP contribution in [0.15, 0.2) is 24.3 Å². The third-order valence-electron chi connectivity index (χ3n) is 5.53. The van der Waals surface area contributed by atoms with Crippen LogP contribution in [0.4, 0.5) is 24.8 Å². The molecule has 1 fully saturated rings. The zero-order chi connectivity index (χ0) is 24.5. The number of fused-ring (bicyclic) bond motifs is 1. The summed E-state index contributed by atoms with van der Waals surface area (Å²) >= 11 is 0. The van der Waals surface area contributed by atoms with Crippen LogP contribution >= 0.6 is 0 Å². The maximum Gasteiger partial charge on any atom is 0.416 e. The van der Waals surface area contributed by atoms with E-state index in [2.05, 4.69) is 20.3 Å². The van der Waals surface area contributed by atoms with Gasteiger partial charge in [-0.1, -0.05) is 0 Å². The standard InChI is InChI=1S/C23H26F3N5O3/c1-12(17-7-14(23(24,25)26)8-21(27)31-17)28-22-16-9-20(34-11-15-5-4-6-33-15)19(32-3)10-18(16)29-13(2)30-22/h7-10,12,15H,4-6,11H2,1-3H3,(H2,27,31)(H,28,29,30)/t12-,15-/m1/s1. The van der Waals surface area contributed by atoms with Crippen molar-refractivity contribution in [2.45, 2.75) is 45.0 Å². The van der Waals surface area contributed by atoms with Crippen LogP contribution in [0.3, 0.4) is 0 Å². The van der Waals surface area contributed by atoms with Crippen molar-refractivity contribution < 1.29 is 27.4 Å². The van der Waals surface area contributed by atoms with Gasteiger partial charge < -0.3 is 25.3 Å². The highest BCUT2D eigenvalue weighted by molar-refractivity contribution is 5.92. The summed E-state index contributed by atoms with van der Waals surface area (Å²) in [5.74, 6) is 1.70. The van der Waals surface area contributed by atoms with Crippen LogP contribution in [0.1, 0.15) is 42.9 Å². The van der Waals surface area contributed by atoms with E-state index in [-0.39, 0.29) is 17.6 Å². The van der Waals surface area contributed by atoms with E-state index < -0.39 is 17.8 Å². The summed E-state index contributed by atoms with van der Waals surface area (Å²) in [4.78, 5) is 13.0. The Balaban J connectivity index is 1.67. The van der Waals surface area contributed by atoms with Crippen molar-refractivity contribution in [2.75, 3.05) is 31.4 Å². The number of ether oxygens (including phenoxy) is 3. The highest BCUT2D eigenvalue weighted by Crippen LogP contribution is 2.36. The van der Waals surface area contributed by atoms with E-state index in [1.54, 1.807) is 33.1 Å².